The summed E-state index contributed by atoms with van der Waals surface area (Å²) in [7, 11) is 0. The van der Waals surface area contributed by atoms with E-state index < -0.39 is 5.82 Å². The molecule has 3 rings (SSSR count). The van der Waals surface area contributed by atoms with E-state index in [1.807, 2.05) is 0 Å². The predicted octanol–water partition coefficient (Wildman–Crippen LogP) is 3.80. The second-order valence-electron chi connectivity index (χ2n) is 5.50. The minimum atomic E-state index is -0.440. The van der Waals surface area contributed by atoms with E-state index in [0.29, 0.717) is 16.5 Å². The van der Waals surface area contributed by atoms with Gasteiger partial charge in [-0.2, -0.15) is 0 Å². The Kier molecular flexibility index (Phi) is 4.41. The molecule has 1 fully saturated rings. The highest BCUT2D eigenvalue weighted by Gasteiger charge is 2.21. The van der Waals surface area contributed by atoms with Crippen molar-refractivity contribution in [2.75, 3.05) is 19.6 Å². The van der Waals surface area contributed by atoms with Crippen molar-refractivity contribution < 1.29 is 4.39 Å². The van der Waals surface area contributed by atoms with Gasteiger partial charge in [-0.15, -0.1) is 0 Å². The highest BCUT2D eigenvalue weighted by Crippen LogP contribution is 2.35. The van der Waals surface area contributed by atoms with Gasteiger partial charge in [0.15, 0.2) is 0 Å². The second-order valence-corrected chi connectivity index (χ2v) is 6.25. The highest BCUT2D eigenvalue weighted by atomic mass is 35.5. The predicted molar refractivity (Wildman–Crippen MR) is 85.6 cm³/mol. The standard InChI is InChI=1S/C15H18Cl2FN3/c1-2-9-7-21(6-5-19-9)8-12-15(17)13-11(20-12)4-3-10(18)14(13)16/h3-4,9,19-20H,2,5-8H2,1H3/t9-/m0/s1. The Morgan fingerprint density at radius 2 is 2.14 bits per heavy atom. The van der Waals surface area contributed by atoms with Gasteiger partial charge in [0, 0.05) is 48.8 Å². The minimum Gasteiger partial charge on any atom is -0.356 e. The molecule has 1 aliphatic heterocycles. The number of piperazine rings is 1. The van der Waals surface area contributed by atoms with Crippen molar-refractivity contribution in [2.24, 2.45) is 0 Å². The third-order valence-corrected chi connectivity index (χ3v) is 4.87. The van der Waals surface area contributed by atoms with E-state index >= 15 is 0 Å². The molecule has 21 heavy (non-hydrogen) atoms. The van der Waals surface area contributed by atoms with E-state index in [4.69, 9.17) is 23.2 Å². The highest BCUT2D eigenvalue weighted by molar-refractivity contribution is 6.42. The number of halogens is 3. The van der Waals surface area contributed by atoms with E-state index in [2.05, 4.69) is 22.1 Å². The number of H-pyrrole nitrogens is 1. The fraction of sp³-hybridized carbons (Fsp3) is 0.467. The van der Waals surface area contributed by atoms with Crippen LogP contribution in [-0.2, 0) is 6.54 Å². The fourth-order valence-corrected chi connectivity index (χ4v) is 3.49. The van der Waals surface area contributed by atoms with Gasteiger partial charge in [0.1, 0.15) is 5.82 Å². The van der Waals surface area contributed by atoms with Gasteiger partial charge in [0.05, 0.1) is 10.0 Å². The van der Waals surface area contributed by atoms with Gasteiger partial charge in [-0.1, -0.05) is 30.1 Å². The summed E-state index contributed by atoms with van der Waals surface area (Å²) < 4.78 is 13.6. The van der Waals surface area contributed by atoms with Crippen LogP contribution in [0.4, 0.5) is 4.39 Å². The fourth-order valence-electron chi connectivity index (χ4n) is 2.88. The lowest BCUT2D eigenvalue weighted by atomic mass is 10.1. The molecular formula is C15H18Cl2FN3. The molecule has 0 spiro atoms. The van der Waals surface area contributed by atoms with Crippen LogP contribution in [0, 0.1) is 5.82 Å². The summed E-state index contributed by atoms with van der Waals surface area (Å²) in [4.78, 5) is 5.62. The smallest absolute Gasteiger partial charge is 0.142 e. The van der Waals surface area contributed by atoms with Crippen LogP contribution in [0.1, 0.15) is 19.0 Å². The first-order chi connectivity index (χ1) is 10.1. The van der Waals surface area contributed by atoms with Crippen molar-refractivity contribution in [3.05, 3.63) is 33.7 Å². The van der Waals surface area contributed by atoms with Crippen LogP contribution in [0.15, 0.2) is 12.1 Å². The molecule has 0 saturated carbocycles. The molecule has 1 aromatic heterocycles. The topological polar surface area (TPSA) is 31.1 Å². The van der Waals surface area contributed by atoms with Crippen LogP contribution < -0.4 is 5.32 Å². The number of hydrogen-bond donors (Lipinski definition) is 2. The molecule has 1 saturated heterocycles. The van der Waals surface area contributed by atoms with Crippen molar-refractivity contribution in [1.29, 1.82) is 0 Å². The maximum Gasteiger partial charge on any atom is 0.142 e. The third-order valence-electron chi connectivity index (χ3n) is 4.08. The molecule has 0 radical (unpaired) electrons. The number of hydrogen-bond acceptors (Lipinski definition) is 2. The molecule has 0 bridgehead atoms. The second kappa shape index (κ2) is 6.13. The minimum absolute atomic E-state index is 0.0896. The summed E-state index contributed by atoms with van der Waals surface area (Å²) in [6.45, 7) is 5.85. The van der Waals surface area contributed by atoms with Crippen molar-refractivity contribution >= 4 is 34.1 Å². The maximum atomic E-state index is 13.6. The Balaban J connectivity index is 1.87. The van der Waals surface area contributed by atoms with Crippen molar-refractivity contribution in [3.63, 3.8) is 0 Å². The molecule has 2 N–H and O–H groups in total. The summed E-state index contributed by atoms with van der Waals surface area (Å²) in [5, 5.41) is 4.68. The third kappa shape index (κ3) is 2.90. The molecule has 0 amide bonds. The molecule has 1 aromatic carbocycles. The molecule has 114 valence electrons. The van der Waals surface area contributed by atoms with Crippen LogP contribution in [0.3, 0.4) is 0 Å². The summed E-state index contributed by atoms with van der Waals surface area (Å²) in [6, 6.07) is 3.56. The van der Waals surface area contributed by atoms with E-state index in [9.17, 15) is 4.39 Å². The van der Waals surface area contributed by atoms with Gasteiger partial charge in [-0.05, 0) is 18.6 Å². The van der Waals surface area contributed by atoms with Gasteiger partial charge < -0.3 is 10.3 Å². The molecule has 6 heteroatoms. The lowest BCUT2D eigenvalue weighted by molar-refractivity contribution is 0.188. The average Bonchev–Trinajstić information content (AvgIpc) is 2.80. The van der Waals surface area contributed by atoms with E-state index in [1.165, 1.54) is 6.07 Å². The van der Waals surface area contributed by atoms with Crippen LogP contribution in [0.2, 0.25) is 10.0 Å². The van der Waals surface area contributed by atoms with E-state index in [0.717, 1.165) is 43.8 Å². The summed E-state index contributed by atoms with van der Waals surface area (Å²) in [5.74, 6) is -0.440. The quantitative estimate of drug-likeness (QED) is 0.897. The SMILES string of the molecule is CC[C@H]1CN(Cc2[nH]c3ccc(F)c(Cl)c3c2Cl)CCN1. The summed E-state index contributed by atoms with van der Waals surface area (Å²) in [6.07, 6.45) is 1.11. The Morgan fingerprint density at radius 1 is 1.33 bits per heavy atom. The van der Waals surface area contributed by atoms with Gasteiger partial charge in [0.2, 0.25) is 0 Å². The monoisotopic (exact) mass is 329 g/mol. The largest absolute Gasteiger partial charge is 0.356 e. The Hall–Kier alpha value is -0.810. The van der Waals surface area contributed by atoms with E-state index in [1.54, 1.807) is 6.07 Å². The number of fused-ring (bicyclic) bond motifs is 1. The molecule has 1 atom stereocenters. The average molecular weight is 330 g/mol. The lowest BCUT2D eigenvalue weighted by Crippen LogP contribution is -2.49. The van der Waals surface area contributed by atoms with Crippen molar-refractivity contribution in [2.45, 2.75) is 25.9 Å². The van der Waals surface area contributed by atoms with E-state index in [-0.39, 0.29) is 5.02 Å². The first kappa shape index (κ1) is 15.1. The lowest BCUT2D eigenvalue weighted by Gasteiger charge is -2.33. The molecule has 0 aliphatic carbocycles. The number of benzene rings is 1. The zero-order chi connectivity index (χ0) is 15.0. The zero-order valence-electron chi connectivity index (χ0n) is 11.8. The summed E-state index contributed by atoms with van der Waals surface area (Å²) >= 11 is 12.4. The molecule has 0 unspecified atom stereocenters. The normalized spacial score (nSPS) is 20.3. The van der Waals surface area contributed by atoms with Gasteiger partial charge >= 0.3 is 0 Å². The number of rotatable bonds is 3. The molecule has 3 nitrogen and oxygen atoms in total. The molecule has 2 heterocycles. The summed E-state index contributed by atoms with van der Waals surface area (Å²) in [5.41, 5.74) is 1.68. The Bertz CT molecular complexity index is 656. The first-order valence-electron chi connectivity index (χ1n) is 7.20. The Labute approximate surface area is 133 Å². The molecular weight excluding hydrogens is 312 g/mol. The molecule has 2 aromatic rings. The van der Waals surface area contributed by atoms with Gasteiger partial charge in [0.25, 0.3) is 0 Å². The maximum absolute atomic E-state index is 13.6. The van der Waals surface area contributed by atoms with Gasteiger partial charge in [-0.3, -0.25) is 4.90 Å². The van der Waals surface area contributed by atoms with Crippen molar-refractivity contribution in [1.82, 2.24) is 15.2 Å². The number of aromatic nitrogens is 1. The van der Waals surface area contributed by atoms with Crippen LogP contribution >= 0.6 is 23.2 Å². The number of nitrogens with zero attached hydrogens (tertiary/aromatic N) is 1. The van der Waals surface area contributed by atoms with Crippen LogP contribution in [0.25, 0.3) is 10.9 Å². The number of aromatic amines is 1. The number of nitrogens with one attached hydrogen (secondary N) is 2. The zero-order valence-corrected chi connectivity index (χ0v) is 13.4. The van der Waals surface area contributed by atoms with Gasteiger partial charge in [-0.25, -0.2) is 4.39 Å². The molecule has 1 aliphatic rings. The van der Waals surface area contributed by atoms with Crippen molar-refractivity contribution in [3.8, 4) is 0 Å². The first-order valence-corrected chi connectivity index (χ1v) is 7.95. The van der Waals surface area contributed by atoms with Crippen LogP contribution in [0.5, 0.6) is 0 Å². The van der Waals surface area contributed by atoms with Crippen LogP contribution in [-0.4, -0.2) is 35.6 Å². The Morgan fingerprint density at radius 3 is 2.90 bits per heavy atom.